The molecular weight excluding hydrogens is 635 g/mol. The summed E-state index contributed by atoms with van der Waals surface area (Å²) >= 11 is 0. The summed E-state index contributed by atoms with van der Waals surface area (Å²) in [6.07, 6.45) is 0. The number of fused-ring (bicyclic) bond motifs is 11. The molecule has 5 heteroatoms. The van der Waals surface area contributed by atoms with Gasteiger partial charge in [0.15, 0.2) is 11.5 Å². The first kappa shape index (κ1) is 28.7. The van der Waals surface area contributed by atoms with E-state index in [1.54, 1.807) is 0 Å². The Morgan fingerprint density at radius 3 is 1.63 bits per heavy atom. The van der Waals surface area contributed by atoms with Gasteiger partial charge in [-0.25, -0.2) is 15.0 Å². The van der Waals surface area contributed by atoms with Gasteiger partial charge in [-0.3, -0.25) is 4.40 Å². The van der Waals surface area contributed by atoms with Crippen LogP contribution in [0.4, 0.5) is 0 Å². The minimum absolute atomic E-state index is 0.676. The highest BCUT2D eigenvalue weighted by atomic mass is 15.1. The molecule has 0 unspecified atom stereocenters. The van der Waals surface area contributed by atoms with E-state index in [1.165, 1.54) is 27.4 Å². The van der Waals surface area contributed by atoms with Crippen LogP contribution in [0, 0.1) is 0 Å². The van der Waals surface area contributed by atoms with Crippen LogP contribution in [-0.4, -0.2) is 23.9 Å². The predicted octanol–water partition coefficient (Wildman–Crippen LogP) is 11.7. The van der Waals surface area contributed by atoms with Crippen molar-refractivity contribution < 1.29 is 0 Å². The maximum absolute atomic E-state index is 5.31. The lowest BCUT2D eigenvalue weighted by atomic mass is 9.98. The summed E-state index contributed by atoms with van der Waals surface area (Å²) in [6, 6.07) is 62.0. The summed E-state index contributed by atoms with van der Waals surface area (Å²) in [5.41, 5.74) is 12.2. The zero-order chi connectivity index (χ0) is 34.2. The fraction of sp³-hybridized carbons (Fsp3) is 0. The van der Waals surface area contributed by atoms with Crippen LogP contribution in [0.5, 0.6) is 0 Å². The molecule has 4 heterocycles. The van der Waals surface area contributed by atoms with Gasteiger partial charge in [0, 0.05) is 38.4 Å². The van der Waals surface area contributed by atoms with E-state index < -0.39 is 0 Å². The van der Waals surface area contributed by atoms with Crippen molar-refractivity contribution in [1.82, 2.24) is 23.9 Å². The Morgan fingerprint density at radius 1 is 0.346 bits per heavy atom. The number of benzene rings is 7. The van der Waals surface area contributed by atoms with Gasteiger partial charge in [0.2, 0.25) is 0 Å². The molecule has 0 aliphatic rings. The van der Waals surface area contributed by atoms with Crippen LogP contribution in [0.1, 0.15) is 0 Å². The summed E-state index contributed by atoms with van der Waals surface area (Å²) < 4.78 is 4.59. The predicted molar refractivity (Wildman–Crippen MR) is 214 cm³/mol. The summed E-state index contributed by atoms with van der Waals surface area (Å²) in [7, 11) is 0. The van der Waals surface area contributed by atoms with Crippen molar-refractivity contribution in [2.75, 3.05) is 0 Å². The Labute approximate surface area is 298 Å². The summed E-state index contributed by atoms with van der Waals surface area (Å²) in [6.45, 7) is 0. The number of rotatable bonds is 4. The second-order valence-electron chi connectivity index (χ2n) is 13.3. The zero-order valence-electron chi connectivity index (χ0n) is 28.0. The van der Waals surface area contributed by atoms with Gasteiger partial charge in [-0.2, -0.15) is 0 Å². The lowest BCUT2D eigenvalue weighted by molar-refractivity contribution is 1.18. The molecule has 0 N–H and O–H groups in total. The van der Waals surface area contributed by atoms with Crippen LogP contribution in [0.15, 0.2) is 176 Å². The molecule has 7 aromatic carbocycles. The average Bonchev–Trinajstić information content (AvgIpc) is 3.78. The molecule has 0 aliphatic carbocycles. The largest absolute Gasteiger partial charge is 0.309 e. The molecule has 11 rings (SSSR count). The standard InChI is InChI=1S/C47H29N5/c1-4-14-30(15-5-1)43-44-47(50-45(48-43)31-16-6-2-7-17-31)52-42-27-25-32(28-38(42)35-20-10-11-22-37(35)46(52)49-44)33-24-26-41-39(29-33)36-21-12-13-23-40(36)51(41)34-18-8-3-9-19-34/h1-29H. The van der Waals surface area contributed by atoms with Gasteiger partial charge >= 0.3 is 0 Å². The van der Waals surface area contributed by atoms with Crippen molar-refractivity contribution in [3.63, 3.8) is 0 Å². The summed E-state index contributed by atoms with van der Waals surface area (Å²) in [4.78, 5) is 15.7. The van der Waals surface area contributed by atoms with E-state index in [-0.39, 0.29) is 0 Å². The molecule has 0 fully saturated rings. The van der Waals surface area contributed by atoms with E-state index >= 15 is 0 Å². The monoisotopic (exact) mass is 663 g/mol. The summed E-state index contributed by atoms with van der Waals surface area (Å²) in [5, 5.41) is 5.85. The Hall–Kier alpha value is -7.11. The van der Waals surface area contributed by atoms with Gasteiger partial charge < -0.3 is 4.57 Å². The van der Waals surface area contributed by atoms with Gasteiger partial charge in [-0.15, -0.1) is 0 Å². The molecule has 242 valence electrons. The van der Waals surface area contributed by atoms with Gasteiger partial charge in [0.25, 0.3) is 0 Å². The molecule has 0 radical (unpaired) electrons. The van der Waals surface area contributed by atoms with Crippen LogP contribution in [0.2, 0.25) is 0 Å². The number of para-hydroxylation sites is 2. The fourth-order valence-electron chi connectivity index (χ4n) is 7.93. The number of nitrogens with zero attached hydrogens (tertiary/aromatic N) is 5. The molecule has 0 bridgehead atoms. The molecule has 0 aliphatic heterocycles. The molecule has 0 amide bonds. The highest BCUT2D eigenvalue weighted by Crippen LogP contribution is 2.39. The van der Waals surface area contributed by atoms with Gasteiger partial charge in [-0.05, 0) is 59.0 Å². The van der Waals surface area contributed by atoms with E-state index in [4.69, 9.17) is 15.0 Å². The van der Waals surface area contributed by atoms with E-state index in [0.717, 1.165) is 66.6 Å². The van der Waals surface area contributed by atoms with E-state index in [0.29, 0.717) is 5.82 Å². The van der Waals surface area contributed by atoms with Crippen LogP contribution >= 0.6 is 0 Å². The first-order chi connectivity index (χ1) is 25.8. The molecule has 0 spiro atoms. The summed E-state index contributed by atoms with van der Waals surface area (Å²) in [5.74, 6) is 0.676. The van der Waals surface area contributed by atoms with Crippen LogP contribution in [-0.2, 0) is 0 Å². The second kappa shape index (κ2) is 11.2. The Bertz CT molecular complexity index is 3160. The third kappa shape index (κ3) is 4.26. The zero-order valence-corrected chi connectivity index (χ0v) is 28.0. The molecular formula is C47H29N5. The van der Waals surface area contributed by atoms with Crippen LogP contribution in [0.3, 0.4) is 0 Å². The quantitative estimate of drug-likeness (QED) is 0.176. The van der Waals surface area contributed by atoms with Crippen molar-refractivity contribution in [2.45, 2.75) is 0 Å². The number of hydrogen-bond acceptors (Lipinski definition) is 3. The first-order valence-corrected chi connectivity index (χ1v) is 17.5. The minimum atomic E-state index is 0.676. The van der Waals surface area contributed by atoms with E-state index in [1.807, 2.05) is 36.4 Å². The van der Waals surface area contributed by atoms with E-state index in [9.17, 15) is 0 Å². The Morgan fingerprint density at radius 2 is 0.904 bits per heavy atom. The van der Waals surface area contributed by atoms with Gasteiger partial charge in [0.1, 0.15) is 16.9 Å². The molecule has 5 nitrogen and oxygen atoms in total. The number of aromatic nitrogens is 5. The average molecular weight is 664 g/mol. The molecule has 0 atom stereocenters. The van der Waals surface area contributed by atoms with Crippen LogP contribution < -0.4 is 0 Å². The first-order valence-electron chi connectivity index (χ1n) is 17.5. The second-order valence-corrected chi connectivity index (χ2v) is 13.3. The van der Waals surface area contributed by atoms with Crippen molar-refractivity contribution in [3.8, 4) is 39.5 Å². The molecule has 52 heavy (non-hydrogen) atoms. The van der Waals surface area contributed by atoms with Crippen molar-refractivity contribution in [2.24, 2.45) is 0 Å². The normalized spacial score (nSPS) is 11.8. The third-order valence-corrected chi connectivity index (χ3v) is 10.3. The van der Waals surface area contributed by atoms with Crippen molar-refractivity contribution in [3.05, 3.63) is 176 Å². The maximum atomic E-state index is 5.31. The van der Waals surface area contributed by atoms with Gasteiger partial charge in [0.05, 0.1) is 16.6 Å². The highest BCUT2D eigenvalue weighted by Gasteiger charge is 2.21. The number of hydrogen-bond donors (Lipinski definition) is 0. The third-order valence-electron chi connectivity index (χ3n) is 10.3. The Balaban J connectivity index is 1.18. The lowest BCUT2D eigenvalue weighted by Crippen LogP contribution is -1.97. The number of imidazole rings is 1. The lowest BCUT2D eigenvalue weighted by Gasteiger charge is -2.12. The number of pyridine rings is 1. The molecule has 4 aromatic heterocycles. The molecule has 0 saturated heterocycles. The van der Waals surface area contributed by atoms with Crippen LogP contribution in [0.25, 0.3) is 99.8 Å². The van der Waals surface area contributed by atoms with Crippen molar-refractivity contribution >= 4 is 60.3 Å². The SMILES string of the molecule is c1ccc(-c2nc(-c3ccccc3)c3nc4c5ccccc5c5cc(-c6ccc7c(c6)c6ccccc6n7-c6ccccc6)ccc5n4c3n2)cc1. The maximum Gasteiger partial charge on any atom is 0.169 e. The van der Waals surface area contributed by atoms with Gasteiger partial charge in [-0.1, -0.05) is 133 Å². The topological polar surface area (TPSA) is 48.0 Å². The highest BCUT2D eigenvalue weighted by molar-refractivity contribution is 6.15. The van der Waals surface area contributed by atoms with E-state index in [2.05, 4.69) is 148 Å². The smallest absolute Gasteiger partial charge is 0.169 e. The van der Waals surface area contributed by atoms with Crippen molar-refractivity contribution in [1.29, 1.82) is 0 Å². The minimum Gasteiger partial charge on any atom is -0.309 e. The molecule has 11 aromatic rings. The molecule has 0 saturated carbocycles. The Kier molecular flexibility index (Phi) is 6.18. The fourth-order valence-corrected chi connectivity index (χ4v) is 7.93.